The van der Waals surface area contributed by atoms with Crippen LogP contribution in [0.2, 0.25) is 0 Å². The van der Waals surface area contributed by atoms with Gasteiger partial charge in [-0.05, 0) is 30.5 Å². The summed E-state index contributed by atoms with van der Waals surface area (Å²) in [6, 6.07) is 6.25. The molecule has 1 aromatic carbocycles. The number of benzene rings is 1. The van der Waals surface area contributed by atoms with E-state index >= 15 is 0 Å². The predicted molar refractivity (Wildman–Crippen MR) is 97.0 cm³/mol. The summed E-state index contributed by atoms with van der Waals surface area (Å²) in [5.41, 5.74) is 1.12. The predicted octanol–water partition coefficient (Wildman–Crippen LogP) is 2.07. The van der Waals surface area contributed by atoms with E-state index in [-0.39, 0.29) is 12.5 Å². The summed E-state index contributed by atoms with van der Waals surface area (Å²) in [6.07, 6.45) is 0. The number of amides is 1. The van der Waals surface area contributed by atoms with Crippen molar-refractivity contribution in [1.29, 1.82) is 0 Å². The highest BCUT2D eigenvalue weighted by atomic mass is 16.5. The van der Waals surface area contributed by atoms with Crippen molar-refractivity contribution in [3.05, 3.63) is 23.8 Å². The molecule has 0 radical (unpaired) electrons. The molecule has 0 aliphatic carbocycles. The highest BCUT2D eigenvalue weighted by molar-refractivity contribution is 5.78. The first-order chi connectivity index (χ1) is 12.0. The third-order valence-corrected chi connectivity index (χ3v) is 4.57. The van der Waals surface area contributed by atoms with Crippen LogP contribution in [-0.2, 0) is 16.1 Å². The molecule has 0 aromatic heterocycles. The van der Waals surface area contributed by atoms with Gasteiger partial charge in [-0.25, -0.2) is 0 Å². The lowest BCUT2D eigenvalue weighted by Crippen LogP contribution is -2.43. The number of morpholine rings is 1. The molecule has 1 amide bonds. The summed E-state index contributed by atoms with van der Waals surface area (Å²) < 4.78 is 16.4. The molecule has 0 bridgehead atoms. The van der Waals surface area contributed by atoms with Crippen LogP contribution < -0.4 is 14.8 Å². The summed E-state index contributed by atoms with van der Waals surface area (Å²) in [5.74, 6) is 1.79. The number of carbonyl (C=O) groups excluding carboxylic acids is 1. The molecule has 1 aliphatic rings. The zero-order valence-electron chi connectivity index (χ0n) is 15.7. The fraction of sp³-hybridized carbons (Fsp3) is 0.632. The first kappa shape index (κ1) is 19.5. The average molecular weight is 350 g/mol. The van der Waals surface area contributed by atoms with Crippen molar-refractivity contribution in [3.63, 3.8) is 0 Å². The molecule has 1 aromatic rings. The minimum Gasteiger partial charge on any atom is -0.493 e. The lowest BCUT2D eigenvalue weighted by Gasteiger charge is -2.26. The molecule has 140 valence electrons. The molecule has 1 fully saturated rings. The Morgan fingerprint density at radius 3 is 2.60 bits per heavy atom. The van der Waals surface area contributed by atoms with Gasteiger partial charge in [0, 0.05) is 25.7 Å². The van der Waals surface area contributed by atoms with Gasteiger partial charge in [0.1, 0.15) is 0 Å². The van der Waals surface area contributed by atoms with Crippen molar-refractivity contribution in [3.8, 4) is 11.5 Å². The summed E-state index contributed by atoms with van der Waals surface area (Å²) in [6.45, 7) is 9.77. The first-order valence-electron chi connectivity index (χ1n) is 8.90. The van der Waals surface area contributed by atoms with Crippen molar-refractivity contribution in [2.45, 2.75) is 33.4 Å². The lowest BCUT2D eigenvalue weighted by molar-refractivity contribution is -0.137. The van der Waals surface area contributed by atoms with E-state index in [1.165, 1.54) is 0 Å². The Morgan fingerprint density at radius 1 is 1.24 bits per heavy atom. The SMILES string of the molecule is COc1cc(CNC(C)C(C)C)ccc1OCC(=O)N1CCOCC1. The largest absolute Gasteiger partial charge is 0.493 e. The van der Waals surface area contributed by atoms with E-state index in [1.54, 1.807) is 12.0 Å². The van der Waals surface area contributed by atoms with Gasteiger partial charge in [-0.2, -0.15) is 0 Å². The third kappa shape index (κ3) is 5.90. The molecule has 1 saturated heterocycles. The van der Waals surface area contributed by atoms with Crippen LogP contribution in [0.4, 0.5) is 0 Å². The molecule has 1 N–H and O–H groups in total. The molecule has 1 heterocycles. The zero-order valence-corrected chi connectivity index (χ0v) is 15.7. The molecular weight excluding hydrogens is 320 g/mol. The van der Waals surface area contributed by atoms with Crippen LogP contribution in [0.1, 0.15) is 26.3 Å². The Labute approximate surface area is 150 Å². The monoisotopic (exact) mass is 350 g/mol. The van der Waals surface area contributed by atoms with Gasteiger partial charge in [0.25, 0.3) is 5.91 Å². The Bertz CT molecular complexity index is 556. The third-order valence-electron chi connectivity index (χ3n) is 4.57. The Balaban J connectivity index is 1.90. The van der Waals surface area contributed by atoms with Gasteiger partial charge in [0.05, 0.1) is 20.3 Å². The van der Waals surface area contributed by atoms with E-state index in [0.717, 1.165) is 12.1 Å². The normalized spacial score (nSPS) is 16.0. The van der Waals surface area contributed by atoms with E-state index in [1.807, 2.05) is 18.2 Å². The summed E-state index contributed by atoms with van der Waals surface area (Å²) in [7, 11) is 1.61. The van der Waals surface area contributed by atoms with Crippen molar-refractivity contribution < 1.29 is 19.0 Å². The number of ether oxygens (including phenoxy) is 3. The molecule has 25 heavy (non-hydrogen) atoms. The van der Waals surface area contributed by atoms with Crippen LogP contribution in [0.3, 0.4) is 0 Å². The maximum Gasteiger partial charge on any atom is 0.260 e. The van der Waals surface area contributed by atoms with Crippen LogP contribution in [0, 0.1) is 5.92 Å². The molecule has 1 unspecified atom stereocenters. The second-order valence-corrected chi connectivity index (χ2v) is 6.68. The van der Waals surface area contributed by atoms with Crippen molar-refractivity contribution >= 4 is 5.91 Å². The zero-order chi connectivity index (χ0) is 18.2. The molecule has 0 spiro atoms. The number of methoxy groups -OCH3 is 1. The van der Waals surface area contributed by atoms with Crippen molar-refractivity contribution in [1.82, 2.24) is 10.2 Å². The highest BCUT2D eigenvalue weighted by Gasteiger charge is 2.18. The second-order valence-electron chi connectivity index (χ2n) is 6.68. The minimum atomic E-state index is -0.0261. The molecule has 6 nitrogen and oxygen atoms in total. The van der Waals surface area contributed by atoms with Crippen molar-refractivity contribution in [2.75, 3.05) is 40.0 Å². The second kappa shape index (κ2) is 9.63. The number of hydrogen-bond donors (Lipinski definition) is 1. The van der Waals surface area contributed by atoms with E-state index in [2.05, 4.69) is 26.1 Å². The van der Waals surface area contributed by atoms with Crippen LogP contribution in [-0.4, -0.2) is 56.9 Å². The van der Waals surface area contributed by atoms with Gasteiger partial charge in [-0.1, -0.05) is 19.9 Å². The van der Waals surface area contributed by atoms with Crippen LogP contribution in [0.5, 0.6) is 11.5 Å². The maximum atomic E-state index is 12.2. The number of carbonyl (C=O) groups is 1. The Kier molecular flexibility index (Phi) is 7.52. The lowest BCUT2D eigenvalue weighted by atomic mass is 10.1. The fourth-order valence-electron chi connectivity index (χ4n) is 2.50. The van der Waals surface area contributed by atoms with Gasteiger partial charge in [0.15, 0.2) is 18.1 Å². The molecule has 6 heteroatoms. The molecule has 0 saturated carbocycles. The van der Waals surface area contributed by atoms with Crippen LogP contribution >= 0.6 is 0 Å². The van der Waals surface area contributed by atoms with Gasteiger partial charge >= 0.3 is 0 Å². The molecule has 1 atom stereocenters. The van der Waals surface area contributed by atoms with E-state index in [0.29, 0.717) is 49.8 Å². The maximum absolute atomic E-state index is 12.2. The van der Waals surface area contributed by atoms with Gasteiger partial charge in [-0.15, -0.1) is 0 Å². The summed E-state index contributed by atoms with van der Waals surface area (Å²) in [5, 5.41) is 3.49. The van der Waals surface area contributed by atoms with E-state index in [4.69, 9.17) is 14.2 Å². The van der Waals surface area contributed by atoms with E-state index in [9.17, 15) is 4.79 Å². The number of rotatable bonds is 8. The smallest absolute Gasteiger partial charge is 0.260 e. The van der Waals surface area contributed by atoms with Crippen molar-refractivity contribution in [2.24, 2.45) is 5.92 Å². The topological polar surface area (TPSA) is 60.0 Å². The minimum absolute atomic E-state index is 0.0122. The molecule has 1 aliphatic heterocycles. The van der Waals surface area contributed by atoms with Gasteiger partial charge in [0.2, 0.25) is 0 Å². The number of hydrogen-bond acceptors (Lipinski definition) is 5. The first-order valence-corrected chi connectivity index (χ1v) is 8.90. The number of nitrogens with zero attached hydrogens (tertiary/aromatic N) is 1. The molecular formula is C19H30N2O4. The Hall–Kier alpha value is -1.79. The fourth-order valence-corrected chi connectivity index (χ4v) is 2.50. The standard InChI is InChI=1S/C19H30N2O4/c1-14(2)15(3)20-12-16-5-6-17(18(11-16)23-4)25-13-19(22)21-7-9-24-10-8-21/h5-6,11,14-15,20H,7-10,12-13H2,1-4H3. The van der Waals surface area contributed by atoms with Crippen LogP contribution in [0.25, 0.3) is 0 Å². The molecule has 2 rings (SSSR count). The quantitative estimate of drug-likeness (QED) is 0.778. The van der Waals surface area contributed by atoms with Gasteiger partial charge < -0.3 is 24.4 Å². The van der Waals surface area contributed by atoms with Gasteiger partial charge in [-0.3, -0.25) is 4.79 Å². The Morgan fingerprint density at radius 2 is 1.96 bits per heavy atom. The number of nitrogens with one attached hydrogen (secondary N) is 1. The van der Waals surface area contributed by atoms with E-state index < -0.39 is 0 Å². The summed E-state index contributed by atoms with van der Waals surface area (Å²) >= 11 is 0. The highest BCUT2D eigenvalue weighted by Crippen LogP contribution is 2.28. The summed E-state index contributed by atoms with van der Waals surface area (Å²) in [4.78, 5) is 13.9. The average Bonchev–Trinajstić information content (AvgIpc) is 2.64. The van der Waals surface area contributed by atoms with Crippen LogP contribution in [0.15, 0.2) is 18.2 Å².